The summed E-state index contributed by atoms with van der Waals surface area (Å²) in [6, 6.07) is 0. The summed E-state index contributed by atoms with van der Waals surface area (Å²) in [4.78, 5) is 0. The Morgan fingerprint density at radius 2 is 1.47 bits per heavy atom. The standard InChI is InChI=1S/C16H20F8O5S/c17-13(18,14(19,20)29-15(21,22)16(23,24)30(25,26)27)2-1-3-28-8-12-6-9-4-11(12)5-10(9)7-12/h9-11H,1-8H2,(H,25,26,27). The molecule has 0 aliphatic heterocycles. The molecule has 0 spiro atoms. The smallest absolute Gasteiger partial charge is 0.381 e. The van der Waals surface area contributed by atoms with Gasteiger partial charge in [-0.1, -0.05) is 0 Å². The molecule has 2 unspecified atom stereocenters. The fraction of sp³-hybridized carbons (Fsp3) is 1.00. The summed E-state index contributed by atoms with van der Waals surface area (Å²) in [7, 11) is -6.92. The lowest BCUT2D eigenvalue weighted by molar-refractivity contribution is -0.456. The van der Waals surface area contributed by atoms with Crippen LogP contribution in [-0.4, -0.2) is 49.6 Å². The maximum absolute atomic E-state index is 13.6. The van der Waals surface area contributed by atoms with E-state index >= 15 is 0 Å². The molecule has 4 bridgehead atoms. The van der Waals surface area contributed by atoms with Gasteiger partial charge in [0.15, 0.2) is 0 Å². The zero-order valence-electron chi connectivity index (χ0n) is 15.4. The van der Waals surface area contributed by atoms with Crippen molar-refractivity contribution in [3.8, 4) is 0 Å². The van der Waals surface area contributed by atoms with Crippen LogP contribution in [0.4, 0.5) is 35.1 Å². The van der Waals surface area contributed by atoms with Crippen molar-refractivity contribution in [1.82, 2.24) is 0 Å². The average molecular weight is 476 g/mol. The Hall–Kier alpha value is -0.730. The van der Waals surface area contributed by atoms with Crippen molar-refractivity contribution in [3.05, 3.63) is 0 Å². The van der Waals surface area contributed by atoms with Gasteiger partial charge in [0.25, 0.3) is 0 Å². The van der Waals surface area contributed by atoms with Gasteiger partial charge in [-0.3, -0.25) is 4.55 Å². The molecule has 4 aliphatic rings. The lowest BCUT2D eigenvalue weighted by atomic mass is 9.82. The van der Waals surface area contributed by atoms with E-state index in [1.54, 1.807) is 0 Å². The summed E-state index contributed by atoms with van der Waals surface area (Å²) in [5.41, 5.74) is -0.0195. The molecule has 0 aromatic rings. The summed E-state index contributed by atoms with van der Waals surface area (Å²) < 4.78 is 142. The van der Waals surface area contributed by atoms with Crippen LogP contribution in [0.1, 0.15) is 38.5 Å². The minimum Gasteiger partial charge on any atom is -0.381 e. The van der Waals surface area contributed by atoms with Crippen molar-refractivity contribution in [2.45, 2.75) is 61.9 Å². The molecular weight excluding hydrogens is 456 g/mol. The second-order valence-electron chi connectivity index (χ2n) is 8.45. The molecule has 4 rings (SSSR count). The van der Waals surface area contributed by atoms with Gasteiger partial charge in [0.1, 0.15) is 0 Å². The van der Waals surface area contributed by atoms with Crippen molar-refractivity contribution < 1.29 is 57.6 Å². The summed E-state index contributed by atoms with van der Waals surface area (Å²) in [5, 5.41) is -6.57. The van der Waals surface area contributed by atoms with E-state index in [9.17, 15) is 43.5 Å². The second-order valence-corrected chi connectivity index (χ2v) is 9.91. The molecule has 0 amide bonds. The Morgan fingerprint density at radius 1 is 0.933 bits per heavy atom. The fourth-order valence-corrected chi connectivity index (χ4v) is 5.51. The van der Waals surface area contributed by atoms with Crippen molar-refractivity contribution in [3.63, 3.8) is 0 Å². The first-order valence-electron chi connectivity index (χ1n) is 9.20. The predicted molar refractivity (Wildman–Crippen MR) is 83.8 cm³/mol. The largest absolute Gasteiger partial charge is 0.460 e. The Morgan fingerprint density at radius 3 is 1.90 bits per heavy atom. The number of alkyl halides is 8. The number of hydrogen-bond acceptors (Lipinski definition) is 4. The van der Waals surface area contributed by atoms with E-state index in [0.29, 0.717) is 17.8 Å². The van der Waals surface area contributed by atoms with Gasteiger partial charge in [-0.25, -0.2) is 4.74 Å². The average Bonchev–Trinajstić information content (AvgIpc) is 3.26. The lowest BCUT2D eigenvalue weighted by Crippen LogP contribution is -2.55. The first-order valence-corrected chi connectivity index (χ1v) is 10.6. The first kappa shape index (κ1) is 23.9. The van der Waals surface area contributed by atoms with Crippen molar-refractivity contribution >= 4 is 10.1 Å². The van der Waals surface area contributed by atoms with E-state index in [1.165, 1.54) is 0 Å². The highest BCUT2D eigenvalue weighted by Crippen LogP contribution is 2.70. The molecule has 0 saturated heterocycles. The molecule has 4 saturated carbocycles. The molecule has 2 atom stereocenters. The minimum atomic E-state index is -6.92. The normalized spacial score (nSPS) is 31.8. The van der Waals surface area contributed by atoms with E-state index in [1.807, 2.05) is 0 Å². The van der Waals surface area contributed by atoms with Crippen LogP contribution in [0.5, 0.6) is 0 Å². The molecule has 5 nitrogen and oxygen atoms in total. The Bertz CT molecular complexity index is 758. The number of halogens is 8. The molecular formula is C16H20F8O5S. The molecule has 1 N–H and O–H groups in total. The van der Waals surface area contributed by atoms with Gasteiger partial charge in [0.05, 0.1) is 6.61 Å². The van der Waals surface area contributed by atoms with E-state index in [4.69, 9.17) is 9.29 Å². The van der Waals surface area contributed by atoms with E-state index in [0.717, 1.165) is 25.7 Å². The third kappa shape index (κ3) is 3.81. The Balaban J connectivity index is 1.50. The predicted octanol–water partition coefficient (Wildman–Crippen LogP) is 4.54. The maximum Gasteiger partial charge on any atom is 0.460 e. The topological polar surface area (TPSA) is 72.8 Å². The number of hydrogen-bond donors (Lipinski definition) is 1. The molecule has 176 valence electrons. The van der Waals surface area contributed by atoms with Crippen molar-refractivity contribution in [1.29, 1.82) is 0 Å². The van der Waals surface area contributed by atoms with Crippen LogP contribution in [0.15, 0.2) is 0 Å². The van der Waals surface area contributed by atoms with Gasteiger partial charge in [0, 0.05) is 13.0 Å². The quantitative estimate of drug-likeness (QED) is 0.269. The summed E-state index contributed by atoms with van der Waals surface area (Å²) in [5.74, 6) is -3.55. The zero-order valence-corrected chi connectivity index (χ0v) is 16.2. The van der Waals surface area contributed by atoms with Gasteiger partial charge in [-0.05, 0) is 55.3 Å². The Kier molecular flexibility index (Phi) is 5.69. The highest BCUT2D eigenvalue weighted by Gasteiger charge is 2.73. The molecule has 4 fully saturated rings. The molecule has 0 heterocycles. The molecule has 30 heavy (non-hydrogen) atoms. The number of rotatable bonds is 11. The Labute approximate surface area is 166 Å². The van der Waals surface area contributed by atoms with Crippen LogP contribution >= 0.6 is 0 Å². The maximum atomic E-state index is 13.6. The van der Waals surface area contributed by atoms with Crippen LogP contribution in [0, 0.1) is 23.2 Å². The fourth-order valence-electron chi connectivity index (χ4n) is 5.17. The number of ether oxygens (including phenoxy) is 2. The summed E-state index contributed by atoms with van der Waals surface area (Å²) in [6.45, 7) is -0.102. The molecule has 14 heteroatoms. The van der Waals surface area contributed by atoms with Crippen LogP contribution in [0.3, 0.4) is 0 Å². The van der Waals surface area contributed by atoms with Gasteiger partial charge in [-0.2, -0.15) is 43.5 Å². The van der Waals surface area contributed by atoms with Crippen LogP contribution < -0.4 is 0 Å². The van der Waals surface area contributed by atoms with E-state index < -0.39 is 46.4 Å². The third-order valence-electron chi connectivity index (χ3n) is 6.56. The van der Waals surface area contributed by atoms with Crippen LogP contribution in [0.25, 0.3) is 0 Å². The molecule has 0 aromatic heterocycles. The summed E-state index contributed by atoms with van der Waals surface area (Å²) >= 11 is 0. The highest BCUT2D eigenvalue weighted by atomic mass is 32.2. The van der Waals surface area contributed by atoms with E-state index in [2.05, 4.69) is 4.74 Å². The minimum absolute atomic E-state index is 0.0195. The lowest BCUT2D eigenvalue weighted by Gasteiger charge is -2.32. The van der Waals surface area contributed by atoms with Gasteiger partial charge in [0.2, 0.25) is 0 Å². The van der Waals surface area contributed by atoms with Gasteiger partial charge >= 0.3 is 33.5 Å². The SMILES string of the molecule is O=S(=O)(O)C(F)(F)C(F)(F)OC(F)(F)C(F)(F)CCCOCC12CC3CC1CC3C2. The highest BCUT2D eigenvalue weighted by molar-refractivity contribution is 7.86. The van der Waals surface area contributed by atoms with Crippen molar-refractivity contribution in [2.24, 2.45) is 23.2 Å². The van der Waals surface area contributed by atoms with E-state index in [-0.39, 0.29) is 18.6 Å². The van der Waals surface area contributed by atoms with Gasteiger partial charge < -0.3 is 4.74 Å². The first-order chi connectivity index (χ1) is 13.4. The molecule has 0 radical (unpaired) electrons. The molecule has 4 aliphatic carbocycles. The van der Waals surface area contributed by atoms with Crippen LogP contribution in [0.2, 0.25) is 0 Å². The van der Waals surface area contributed by atoms with Crippen molar-refractivity contribution in [2.75, 3.05) is 13.2 Å². The van der Waals surface area contributed by atoms with Gasteiger partial charge in [-0.15, -0.1) is 0 Å². The second kappa shape index (κ2) is 7.14. The third-order valence-corrected chi connectivity index (χ3v) is 7.44. The summed E-state index contributed by atoms with van der Waals surface area (Å²) in [6.07, 6.45) is -11.1. The van der Waals surface area contributed by atoms with Crippen LogP contribution in [-0.2, 0) is 19.6 Å². The zero-order chi connectivity index (χ0) is 22.8. The monoisotopic (exact) mass is 476 g/mol. The molecule has 0 aromatic carbocycles.